The van der Waals surface area contributed by atoms with Crippen molar-refractivity contribution in [1.82, 2.24) is 9.55 Å². The first kappa shape index (κ1) is 24.4. The van der Waals surface area contributed by atoms with Gasteiger partial charge in [0, 0.05) is 11.6 Å². The number of pyridine rings is 2. The van der Waals surface area contributed by atoms with Crippen LogP contribution in [0.15, 0.2) is 90.8 Å². The van der Waals surface area contributed by atoms with Crippen LogP contribution in [0.25, 0.3) is 21.9 Å². The minimum atomic E-state index is -4.57. The molecule has 0 atom stereocenters. The largest absolute Gasteiger partial charge is 0.505 e. The van der Waals surface area contributed by atoms with Crippen molar-refractivity contribution >= 4 is 33.6 Å². The molecule has 0 fully saturated rings. The first-order valence-electron chi connectivity index (χ1n) is 10.8. The molecule has 188 valence electrons. The van der Waals surface area contributed by atoms with Crippen LogP contribution in [-0.2, 0) is 12.7 Å². The Balaban J connectivity index is 1.67. The van der Waals surface area contributed by atoms with Crippen LogP contribution >= 0.6 is 11.8 Å². The molecule has 5 rings (SSSR count). The lowest BCUT2D eigenvalue weighted by Crippen LogP contribution is -2.22. The number of hydrogen-bond donors (Lipinski definition) is 1. The molecule has 11 heteroatoms. The Morgan fingerprint density at radius 1 is 1.05 bits per heavy atom. The number of aromatic hydroxyl groups is 1. The Kier molecular flexibility index (Phi) is 6.16. The first-order chi connectivity index (χ1) is 17.7. The molecule has 7 nitrogen and oxygen atoms in total. The summed E-state index contributed by atoms with van der Waals surface area (Å²) in [4.78, 5) is 29.8. The average Bonchev–Trinajstić information content (AvgIpc) is 2.89. The smallest absolute Gasteiger partial charge is 0.417 e. The highest BCUT2D eigenvalue weighted by Gasteiger charge is 2.31. The topological polar surface area (TPSA) is 94.6 Å². The summed E-state index contributed by atoms with van der Waals surface area (Å²) in [6.45, 7) is 0.154. The van der Waals surface area contributed by atoms with Crippen molar-refractivity contribution < 1.29 is 27.4 Å². The lowest BCUT2D eigenvalue weighted by atomic mass is 10.1. The number of halogens is 3. The maximum absolute atomic E-state index is 13.6. The molecule has 3 aromatic heterocycles. The number of nitrogens with zero attached hydrogens (tertiary/aromatic N) is 2. The molecule has 5 aromatic rings. The van der Waals surface area contributed by atoms with Gasteiger partial charge in [-0.3, -0.25) is 4.79 Å². The highest BCUT2D eigenvalue weighted by atomic mass is 32.2. The molecular weight excluding hydrogens is 509 g/mol. The normalized spacial score (nSPS) is 11.8. The van der Waals surface area contributed by atoms with Crippen molar-refractivity contribution in [3.63, 3.8) is 0 Å². The summed E-state index contributed by atoms with van der Waals surface area (Å²) in [5.41, 5.74) is -1.32. The van der Waals surface area contributed by atoms with Crippen LogP contribution in [0.4, 0.5) is 13.2 Å². The van der Waals surface area contributed by atoms with Gasteiger partial charge in [-0.25, -0.2) is 9.78 Å². The molecule has 0 aliphatic rings. The fraction of sp³-hybridized carbons (Fsp3) is 0.115. The maximum atomic E-state index is 13.6. The molecule has 0 aliphatic carbocycles. The van der Waals surface area contributed by atoms with E-state index in [4.69, 9.17) is 9.15 Å². The van der Waals surface area contributed by atoms with E-state index in [1.54, 1.807) is 55.6 Å². The van der Waals surface area contributed by atoms with E-state index in [2.05, 4.69) is 4.98 Å². The third-order valence-corrected chi connectivity index (χ3v) is 6.74. The Morgan fingerprint density at radius 3 is 2.43 bits per heavy atom. The van der Waals surface area contributed by atoms with E-state index in [0.29, 0.717) is 34.6 Å². The van der Waals surface area contributed by atoms with Gasteiger partial charge in [-0.15, -0.1) is 0 Å². The quantitative estimate of drug-likeness (QED) is 0.305. The van der Waals surface area contributed by atoms with Gasteiger partial charge in [0.1, 0.15) is 21.1 Å². The number of benzene rings is 2. The molecule has 0 amide bonds. The third-order valence-electron chi connectivity index (χ3n) is 5.73. The van der Waals surface area contributed by atoms with Gasteiger partial charge in [-0.05, 0) is 42.0 Å². The van der Waals surface area contributed by atoms with Gasteiger partial charge in [-0.1, -0.05) is 36.0 Å². The molecule has 0 unspecified atom stereocenters. The van der Waals surface area contributed by atoms with Crippen LogP contribution in [0.3, 0.4) is 0 Å². The summed E-state index contributed by atoms with van der Waals surface area (Å²) in [7, 11) is 1.54. The highest BCUT2D eigenvalue weighted by molar-refractivity contribution is 7.99. The predicted molar refractivity (Wildman–Crippen MR) is 131 cm³/mol. The zero-order valence-electron chi connectivity index (χ0n) is 19.1. The summed E-state index contributed by atoms with van der Waals surface area (Å²) in [5.74, 6) is 0.0228. The zero-order valence-corrected chi connectivity index (χ0v) is 19.9. The molecule has 37 heavy (non-hydrogen) atoms. The van der Waals surface area contributed by atoms with E-state index >= 15 is 0 Å². The van der Waals surface area contributed by atoms with Gasteiger partial charge in [0.05, 0.1) is 24.7 Å². The number of alkyl halides is 3. The summed E-state index contributed by atoms with van der Waals surface area (Å²) >= 11 is 0.606. The average molecular weight is 526 g/mol. The van der Waals surface area contributed by atoms with Crippen molar-refractivity contribution in [3.8, 4) is 11.5 Å². The van der Waals surface area contributed by atoms with Gasteiger partial charge >= 0.3 is 11.8 Å². The molecular formula is C26H17F3N2O5S. The number of aromatic nitrogens is 2. The predicted octanol–water partition coefficient (Wildman–Crippen LogP) is 5.44. The van der Waals surface area contributed by atoms with E-state index in [-0.39, 0.29) is 27.4 Å². The number of methoxy groups -OCH3 is 1. The molecule has 2 aromatic carbocycles. The van der Waals surface area contributed by atoms with Crippen molar-refractivity contribution in [2.24, 2.45) is 0 Å². The van der Waals surface area contributed by atoms with Gasteiger partial charge in [0.15, 0.2) is 11.3 Å². The van der Waals surface area contributed by atoms with Crippen molar-refractivity contribution in [1.29, 1.82) is 0 Å². The Bertz CT molecular complexity index is 1740. The van der Waals surface area contributed by atoms with Crippen molar-refractivity contribution in [3.05, 3.63) is 98.8 Å². The summed E-state index contributed by atoms with van der Waals surface area (Å²) in [6, 6.07) is 15.8. The van der Waals surface area contributed by atoms with Crippen LogP contribution in [-0.4, -0.2) is 21.8 Å². The SMILES string of the molecule is COc1ccc(Cn2c(=O)c3c(O)c(Sc4ccc(C(F)(F)F)cn4)c(=O)oc3c3ccccc32)cc1. The van der Waals surface area contributed by atoms with Crippen LogP contribution < -0.4 is 15.9 Å². The standard InChI is InChI=1S/C26H17F3N2O5S/c1-35-16-9-6-14(7-10-16)13-31-18-5-3-2-4-17(18)22-20(24(31)33)21(32)23(25(34)36-22)37-19-11-8-15(12-30-19)26(27,28)29/h2-12,32H,13H2,1H3. The second kappa shape index (κ2) is 9.32. The number of fused-ring (bicyclic) bond motifs is 3. The summed E-state index contributed by atoms with van der Waals surface area (Å²) in [5, 5.41) is 11.3. The fourth-order valence-corrected chi connectivity index (χ4v) is 4.69. The lowest BCUT2D eigenvalue weighted by molar-refractivity contribution is -0.137. The second-order valence-electron chi connectivity index (χ2n) is 8.01. The van der Waals surface area contributed by atoms with E-state index in [1.807, 2.05) is 0 Å². The molecule has 3 heterocycles. The van der Waals surface area contributed by atoms with E-state index in [9.17, 15) is 27.9 Å². The molecule has 1 N–H and O–H groups in total. The highest BCUT2D eigenvalue weighted by Crippen LogP contribution is 2.37. The monoisotopic (exact) mass is 526 g/mol. The molecule has 0 saturated heterocycles. The summed E-state index contributed by atoms with van der Waals surface area (Å²) in [6.07, 6.45) is -3.95. The van der Waals surface area contributed by atoms with Crippen LogP contribution in [0.5, 0.6) is 11.5 Å². The third kappa shape index (κ3) is 4.53. The lowest BCUT2D eigenvalue weighted by Gasteiger charge is -2.14. The van der Waals surface area contributed by atoms with Crippen LogP contribution in [0, 0.1) is 0 Å². The Morgan fingerprint density at radius 2 is 1.78 bits per heavy atom. The number of ether oxygens (including phenoxy) is 1. The Hall–Kier alpha value is -4.25. The molecule has 0 aliphatic heterocycles. The van der Waals surface area contributed by atoms with Crippen LogP contribution in [0.1, 0.15) is 11.1 Å². The number of hydrogen-bond acceptors (Lipinski definition) is 7. The summed E-state index contributed by atoms with van der Waals surface area (Å²) < 4.78 is 50.7. The zero-order chi connectivity index (χ0) is 26.3. The van der Waals surface area contributed by atoms with Gasteiger partial charge in [0.25, 0.3) is 5.56 Å². The number of rotatable bonds is 5. The van der Waals surface area contributed by atoms with Crippen molar-refractivity contribution in [2.75, 3.05) is 7.11 Å². The minimum Gasteiger partial charge on any atom is -0.505 e. The Labute approximate surface area is 210 Å². The van der Waals surface area contributed by atoms with E-state index < -0.39 is 28.7 Å². The minimum absolute atomic E-state index is 0.00861. The second-order valence-corrected chi connectivity index (χ2v) is 9.04. The molecule has 0 radical (unpaired) electrons. The van der Waals surface area contributed by atoms with Gasteiger partial charge in [-0.2, -0.15) is 13.2 Å². The molecule has 0 saturated carbocycles. The van der Waals surface area contributed by atoms with Gasteiger partial charge in [0.2, 0.25) is 0 Å². The van der Waals surface area contributed by atoms with E-state index in [1.165, 1.54) is 4.57 Å². The molecule has 0 spiro atoms. The van der Waals surface area contributed by atoms with Crippen molar-refractivity contribution in [2.45, 2.75) is 22.6 Å². The van der Waals surface area contributed by atoms with Gasteiger partial charge < -0.3 is 18.8 Å². The first-order valence-corrected chi connectivity index (χ1v) is 11.6. The fourth-order valence-electron chi connectivity index (χ4n) is 3.91. The van der Waals surface area contributed by atoms with E-state index in [0.717, 1.165) is 17.7 Å². The maximum Gasteiger partial charge on any atom is 0.417 e. The van der Waals surface area contributed by atoms with Crippen LogP contribution in [0.2, 0.25) is 0 Å². The number of para-hydroxylation sites is 1. The molecule has 0 bridgehead atoms.